The van der Waals surface area contributed by atoms with Gasteiger partial charge in [0.2, 0.25) is 5.85 Å². The van der Waals surface area contributed by atoms with Crippen LogP contribution < -0.4 is 4.74 Å². The van der Waals surface area contributed by atoms with Gasteiger partial charge < -0.3 is 18.5 Å². The Hall–Kier alpha value is -2.14. The van der Waals surface area contributed by atoms with Crippen LogP contribution >= 0.6 is 7.60 Å². The van der Waals surface area contributed by atoms with Crippen LogP contribution in [0.4, 0.5) is 0 Å². The van der Waals surface area contributed by atoms with E-state index in [4.69, 9.17) is 18.5 Å². The van der Waals surface area contributed by atoms with Crippen LogP contribution in [0.15, 0.2) is 42.5 Å². The summed E-state index contributed by atoms with van der Waals surface area (Å²) >= 11 is 0. The van der Waals surface area contributed by atoms with Crippen molar-refractivity contribution < 1.29 is 27.9 Å². The molecule has 6 nitrogen and oxygen atoms in total. The van der Waals surface area contributed by atoms with Crippen molar-refractivity contribution >= 4 is 13.6 Å². The van der Waals surface area contributed by atoms with Crippen molar-refractivity contribution in [3.05, 3.63) is 59.2 Å². The molecule has 0 bridgehead atoms. The molecular formula is C17H17O6P. The number of rotatable bonds is 5. The topological polar surface area (TPSA) is 71.1 Å². The molecule has 0 saturated carbocycles. The molecule has 1 atom stereocenters. The van der Waals surface area contributed by atoms with Crippen LogP contribution in [0.25, 0.3) is 0 Å². The van der Waals surface area contributed by atoms with Crippen LogP contribution in [-0.4, -0.2) is 20.2 Å². The number of benzene rings is 2. The van der Waals surface area contributed by atoms with Gasteiger partial charge in [-0.25, -0.2) is 4.79 Å². The minimum absolute atomic E-state index is 0.325. The lowest BCUT2D eigenvalue weighted by Gasteiger charge is -2.20. The van der Waals surface area contributed by atoms with E-state index in [2.05, 4.69) is 0 Å². The molecule has 0 N–H and O–H groups in total. The molecule has 1 unspecified atom stereocenters. The lowest BCUT2D eigenvalue weighted by molar-refractivity contribution is 0.0456. The largest absolute Gasteiger partial charge is 0.457 e. The Balaban J connectivity index is 1.97. The monoisotopic (exact) mass is 348 g/mol. The first kappa shape index (κ1) is 16.7. The highest BCUT2D eigenvalue weighted by molar-refractivity contribution is 7.54. The molecular weight excluding hydrogens is 331 g/mol. The summed E-state index contributed by atoms with van der Waals surface area (Å²) in [5, 5.41) is 0. The van der Waals surface area contributed by atoms with Gasteiger partial charge in [-0.15, -0.1) is 0 Å². The average Bonchev–Trinajstić information content (AvgIpc) is 2.91. The zero-order chi connectivity index (χ0) is 17.3. The third kappa shape index (κ3) is 2.96. The Labute approximate surface area is 139 Å². The summed E-state index contributed by atoms with van der Waals surface area (Å²) in [4.78, 5) is 12.0. The molecule has 0 fully saturated rings. The summed E-state index contributed by atoms with van der Waals surface area (Å²) in [7, 11) is -1.10. The first-order valence-electron chi connectivity index (χ1n) is 7.27. The molecule has 2 aromatic rings. The molecule has 0 radical (unpaired) electrons. The van der Waals surface area contributed by atoms with Crippen LogP contribution in [0.1, 0.15) is 27.3 Å². The Morgan fingerprint density at radius 1 is 1.04 bits per heavy atom. The van der Waals surface area contributed by atoms with E-state index in [1.807, 2.05) is 31.2 Å². The van der Waals surface area contributed by atoms with Crippen molar-refractivity contribution in [2.24, 2.45) is 0 Å². The smallest absolute Gasteiger partial charge is 0.375 e. The Morgan fingerprint density at radius 2 is 1.75 bits per heavy atom. The maximum atomic E-state index is 12.6. The standard InChI is InChI=1S/C17H17O6P/c1-11-5-4-6-12(9-11)22-13-7-8-14-15(10-13)17(23-16(14)18)24(19,20-2)21-3/h4-10,17H,1-3H3. The van der Waals surface area contributed by atoms with Gasteiger partial charge in [0.25, 0.3) is 0 Å². The maximum Gasteiger partial charge on any atom is 0.375 e. The molecule has 2 aromatic carbocycles. The van der Waals surface area contributed by atoms with Crippen molar-refractivity contribution in [2.75, 3.05) is 14.2 Å². The summed E-state index contributed by atoms with van der Waals surface area (Å²) in [5.41, 5.74) is 1.82. The number of ether oxygens (including phenoxy) is 2. The van der Waals surface area contributed by atoms with E-state index in [-0.39, 0.29) is 0 Å². The molecule has 1 heterocycles. The van der Waals surface area contributed by atoms with Gasteiger partial charge in [0, 0.05) is 19.8 Å². The highest BCUT2D eigenvalue weighted by Gasteiger charge is 2.45. The number of cyclic esters (lactones) is 1. The van der Waals surface area contributed by atoms with Crippen LogP contribution in [0, 0.1) is 6.92 Å². The van der Waals surface area contributed by atoms with Crippen LogP contribution in [0.2, 0.25) is 0 Å². The minimum Gasteiger partial charge on any atom is -0.457 e. The van der Waals surface area contributed by atoms with Crippen molar-refractivity contribution in [1.29, 1.82) is 0 Å². The summed E-state index contributed by atoms with van der Waals surface area (Å²) in [6.45, 7) is 1.96. The van der Waals surface area contributed by atoms with E-state index < -0.39 is 19.4 Å². The highest BCUT2D eigenvalue weighted by atomic mass is 31.2. The molecule has 1 aliphatic heterocycles. The van der Waals surface area contributed by atoms with Gasteiger partial charge in [0.05, 0.1) is 5.56 Å². The molecule has 0 saturated heterocycles. The van der Waals surface area contributed by atoms with Crippen molar-refractivity contribution in [3.63, 3.8) is 0 Å². The third-order valence-corrected chi connectivity index (χ3v) is 5.73. The summed E-state index contributed by atoms with van der Waals surface area (Å²) in [5.74, 6) is -0.498. The predicted octanol–water partition coefficient (Wildman–Crippen LogP) is 4.44. The first-order chi connectivity index (χ1) is 11.5. The van der Waals surface area contributed by atoms with E-state index in [1.165, 1.54) is 14.2 Å². The fourth-order valence-electron chi connectivity index (χ4n) is 2.54. The molecule has 24 heavy (non-hydrogen) atoms. The Morgan fingerprint density at radius 3 is 2.42 bits per heavy atom. The average molecular weight is 348 g/mol. The summed E-state index contributed by atoms with van der Waals surface area (Å²) < 4.78 is 33.5. The normalized spacial score (nSPS) is 16.6. The molecule has 0 amide bonds. The molecule has 0 aliphatic carbocycles. The number of hydrogen-bond donors (Lipinski definition) is 0. The van der Waals surface area contributed by atoms with Crippen molar-refractivity contribution in [3.8, 4) is 11.5 Å². The molecule has 0 aromatic heterocycles. The quantitative estimate of drug-likeness (QED) is 0.587. The zero-order valence-corrected chi connectivity index (χ0v) is 14.4. The van der Waals surface area contributed by atoms with Crippen molar-refractivity contribution in [2.45, 2.75) is 12.8 Å². The number of esters is 1. The zero-order valence-electron chi connectivity index (χ0n) is 13.5. The van der Waals surface area contributed by atoms with E-state index in [0.717, 1.165) is 5.56 Å². The lowest BCUT2D eigenvalue weighted by atomic mass is 10.1. The number of carbonyl (C=O) groups excluding carboxylic acids is 1. The molecule has 0 spiro atoms. The van der Waals surface area contributed by atoms with Gasteiger partial charge >= 0.3 is 13.6 Å². The minimum atomic E-state index is -3.61. The first-order valence-corrected chi connectivity index (χ1v) is 8.88. The maximum absolute atomic E-state index is 12.6. The Kier molecular flexibility index (Phi) is 4.45. The fourth-order valence-corrected chi connectivity index (χ4v) is 3.85. The van der Waals surface area contributed by atoms with Gasteiger partial charge in [-0.1, -0.05) is 12.1 Å². The number of hydrogen-bond acceptors (Lipinski definition) is 6. The van der Waals surface area contributed by atoms with Gasteiger partial charge in [0.1, 0.15) is 11.5 Å². The SMILES string of the molecule is COP(=O)(OC)C1OC(=O)c2ccc(Oc3cccc(C)c3)cc21. The van der Waals surface area contributed by atoms with Gasteiger partial charge in [-0.2, -0.15) is 0 Å². The Bertz CT molecular complexity index is 824. The van der Waals surface area contributed by atoms with Crippen LogP contribution in [0.5, 0.6) is 11.5 Å². The molecule has 7 heteroatoms. The highest BCUT2D eigenvalue weighted by Crippen LogP contribution is 2.63. The van der Waals surface area contributed by atoms with Gasteiger partial charge in [-0.3, -0.25) is 4.57 Å². The van der Waals surface area contributed by atoms with E-state index in [9.17, 15) is 9.36 Å². The van der Waals surface area contributed by atoms with Crippen LogP contribution in [-0.2, 0) is 18.3 Å². The van der Waals surface area contributed by atoms with Crippen LogP contribution in [0.3, 0.4) is 0 Å². The second kappa shape index (κ2) is 6.40. The van der Waals surface area contributed by atoms with E-state index in [0.29, 0.717) is 22.6 Å². The van der Waals surface area contributed by atoms with E-state index in [1.54, 1.807) is 18.2 Å². The molecule has 126 valence electrons. The number of aryl methyl sites for hydroxylation is 1. The van der Waals surface area contributed by atoms with Crippen molar-refractivity contribution in [1.82, 2.24) is 0 Å². The van der Waals surface area contributed by atoms with E-state index >= 15 is 0 Å². The summed E-state index contributed by atoms with van der Waals surface area (Å²) in [6, 6.07) is 12.4. The predicted molar refractivity (Wildman–Crippen MR) is 87.5 cm³/mol. The number of fused-ring (bicyclic) bond motifs is 1. The van der Waals surface area contributed by atoms with Gasteiger partial charge in [0.15, 0.2) is 0 Å². The fraction of sp³-hybridized carbons (Fsp3) is 0.235. The van der Waals surface area contributed by atoms with Gasteiger partial charge in [-0.05, 0) is 42.8 Å². The molecule has 1 aliphatic rings. The molecule has 3 rings (SSSR count). The third-order valence-electron chi connectivity index (χ3n) is 3.75. The second-order valence-electron chi connectivity index (χ2n) is 5.33. The summed E-state index contributed by atoms with van der Waals surface area (Å²) in [6.07, 6.45) is 0. The number of carbonyl (C=O) groups is 1. The second-order valence-corrected chi connectivity index (χ2v) is 7.61. The lowest BCUT2D eigenvalue weighted by Crippen LogP contribution is -2.03.